The first-order valence-corrected chi connectivity index (χ1v) is 5.62. The molecule has 1 aromatic heterocycles. The Balaban J connectivity index is 1.99. The predicted molar refractivity (Wildman–Crippen MR) is 55.1 cm³/mol. The Bertz CT molecular complexity index is 252. The second-order valence-electron chi connectivity index (χ2n) is 3.76. The van der Waals surface area contributed by atoms with Gasteiger partial charge in [0, 0.05) is 17.8 Å². The Hall–Kier alpha value is -0.380. The van der Waals surface area contributed by atoms with E-state index in [1.807, 2.05) is 6.07 Å². The van der Waals surface area contributed by atoms with Crippen LogP contribution in [0.15, 0.2) is 17.5 Å². The fraction of sp³-hybridized carbons (Fsp3) is 0.600. The summed E-state index contributed by atoms with van der Waals surface area (Å²) in [6.45, 7) is 1.79. The van der Waals surface area contributed by atoms with Gasteiger partial charge in [0.15, 0.2) is 0 Å². The van der Waals surface area contributed by atoms with Crippen LogP contribution in [0.25, 0.3) is 0 Å². The Morgan fingerprint density at radius 1 is 1.62 bits per heavy atom. The monoisotopic (exact) mass is 197 g/mol. The summed E-state index contributed by atoms with van der Waals surface area (Å²) in [6, 6.07) is 4.14. The van der Waals surface area contributed by atoms with E-state index < -0.39 is 5.60 Å². The van der Waals surface area contributed by atoms with Gasteiger partial charge < -0.3 is 10.4 Å². The molecule has 1 aliphatic heterocycles. The highest BCUT2D eigenvalue weighted by molar-refractivity contribution is 7.09. The molecule has 0 spiro atoms. The van der Waals surface area contributed by atoms with Crippen LogP contribution in [-0.4, -0.2) is 23.8 Å². The predicted octanol–water partition coefficient (Wildman–Crippen LogP) is 1.41. The van der Waals surface area contributed by atoms with Crippen molar-refractivity contribution in [3.8, 4) is 0 Å². The van der Waals surface area contributed by atoms with Crippen LogP contribution in [0.4, 0.5) is 0 Å². The maximum atomic E-state index is 10.2. The van der Waals surface area contributed by atoms with Crippen molar-refractivity contribution < 1.29 is 5.11 Å². The molecule has 0 bridgehead atoms. The number of nitrogens with one attached hydrogen (secondary N) is 1. The zero-order valence-electron chi connectivity index (χ0n) is 7.62. The molecule has 0 amide bonds. The Kier molecular flexibility index (Phi) is 2.67. The topological polar surface area (TPSA) is 32.3 Å². The normalized spacial score (nSPS) is 29.0. The molecule has 1 atom stereocenters. The molecule has 2 N–H and O–H groups in total. The van der Waals surface area contributed by atoms with Crippen LogP contribution in [-0.2, 0) is 6.42 Å². The van der Waals surface area contributed by atoms with Gasteiger partial charge in [-0.25, -0.2) is 0 Å². The number of aliphatic hydroxyl groups is 1. The molecule has 3 heteroatoms. The van der Waals surface area contributed by atoms with Gasteiger partial charge >= 0.3 is 0 Å². The van der Waals surface area contributed by atoms with E-state index in [0.717, 1.165) is 32.4 Å². The molecule has 0 aliphatic carbocycles. The van der Waals surface area contributed by atoms with Crippen molar-refractivity contribution in [2.45, 2.75) is 24.9 Å². The quantitative estimate of drug-likeness (QED) is 0.751. The fourth-order valence-corrected chi connectivity index (χ4v) is 2.68. The number of hydrogen-bond acceptors (Lipinski definition) is 3. The van der Waals surface area contributed by atoms with Gasteiger partial charge in [0.2, 0.25) is 0 Å². The van der Waals surface area contributed by atoms with Crippen molar-refractivity contribution in [2.24, 2.45) is 0 Å². The van der Waals surface area contributed by atoms with Crippen LogP contribution >= 0.6 is 11.3 Å². The number of piperidine rings is 1. The molecule has 1 unspecified atom stereocenters. The van der Waals surface area contributed by atoms with Crippen LogP contribution in [0.1, 0.15) is 17.7 Å². The average molecular weight is 197 g/mol. The standard InChI is InChI=1S/C10H15NOS/c12-10(4-2-5-11-8-10)7-9-3-1-6-13-9/h1,3,6,11-12H,2,4-5,7-8H2. The van der Waals surface area contributed by atoms with Gasteiger partial charge in [0.1, 0.15) is 0 Å². The minimum absolute atomic E-state index is 0.497. The van der Waals surface area contributed by atoms with E-state index in [4.69, 9.17) is 0 Å². The van der Waals surface area contributed by atoms with E-state index in [1.54, 1.807) is 11.3 Å². The summed E-state index contributed by atoms with van der Waals surface area (Å²) in [5.41, 5.74) is -0.497. The molecule has 1 aromatic rings. The first-order valence-electron chi connectivity index (χ1n) is 4.74. The Labute approximate surface area is 82.6 Å². The molecule has 0 saturated carbocycles. The molecule has 0 radical (unpaired) electrons. The summed E-state index contributed by atoms with van der Waals surface area (Å²) < 4.78 is 0. The maximum Gasteiger partial charge on any atom is 0.0820 e. The summed E-state index contributed by atoms with van der Waals surface area (Å²) >= 11 is 1.73. The van der Waals surface area contributed by atoms with E-state index in [2.05, 4.69) is 16.8 Å². The van der Waals surface area contributed by atoms with E-state index in [1.165, 1.54) is 4.88 Å². The van der Waals surface area contributed by atoms with Gasteiger partial charge in [0.05, 0.1) is 5.60 Å². The minimum atomic E-state index is -0.497. The summed E-state index contributed by atoms with van der Waals surface area (Å²) in [7, 11) is 0. The molecule has 1 saturated heterocycles. The van der Waals surface area contributed by atoms with Crippen molar-refractivity contribution in [1.29, 1.82) is 0 Å². The maximum absolute atomic E-state index is 10.2. The summed E-state index contributed by atoms with van der Waals surface area (Å²) in [6.07, 6.45) is 2.82. The van der Waals surface area contributed by atoms with Crippen LogP contribution in [0.5, 0.6) is 0 Å². The largest absolute Gasteiger partial charge is 0.388 e. The molecule has 13 heavy (non-hydrogen) atoms. The van der Waals surface area contributed by atoms with E-state index >= 15 is 0 Å². The van der Waals surface area contributed by atoms with E-state index in [9.17, 15) is 5.11 Å². The molecule has 72 valence electrons. The molecule has 2 rings (SSSR count). The number of hydrogen-bond donors (Lipinski definition) is 2. The third kappa shape index (κ3) is 2.30. The number of thiophene rings is 1. The summed E-state index contributed by atoms with van der Waals surface area (Å²) in [5.74, 6) is 0. The van der Waals surface area contributed by atoms with Crippen LogP contribution in [0.3, 0.4) is 0 Å². The van der Waals surface area contributed by atoms with Gasteiger partial charge in [-0.05, 0) is 30.8 Å². The minimum Gasteiger partial charge on any atom is -0.388 e. The third-order valence-electron chi connectivity index (χ3n) is 2.53. The smallest absolute Gasteiger partial charge is 0.0820 e. The SMILES string of the molecule is OC1(Cc2cccs2)CCCNC1. The zero-order chi connectivity index (χ0) is 9.15. The van der Waals surface area contributed by atoms with Crippen LogP contribution in [0.2, 0.25) is 0 Å². The lowest BCUT2D eigenvalue weighted by Gasteiger charge is -2.32. The molecule has 1 aliphatic rings. The molecular weight excluding hydrogens is 182 g/mol. The molecule has 0 aromatic carbocycles. The zero-order valence-corrected chi connectivity index (χ0v) is 8.44. The van der Waals surface area contributed by atoms with Gasteiger partial charge in [-0.15, -0.1) is 11.3 Å². The highest BCUT2D eigenvalue weighted by atomic mass is 32.1. The third-order valence-corrected chi connectivity index (χ3v) is 3.41. The second kappa shape index (κ2) is 3.78. The Morgan fingerprint density at radius 2 is 2.54 bits per heavy atom. The summed E-state index contributed by atoms with van der Waals surface area (Å²) in [4.78, 5) is 1.28. The first kappa shape index (κ1) is 9.19. The average Bonchev–Trinajstić information content (AvgIpc) is 2.57. The molecule has 2 nitrogen and oxygen atoms in total. The van der Waals surface area contributed by atoms with Crippen molar-refractivity contribution in [1.82, 2.24) is 5.32 Å². The van der Waals surface area contributed by atoms with Gasteiger partial charge in [-0.1, -0.05) is 6.07 Å². The molecule has 2 heterocycles. The number of β-amino-alcohol motifs (C(OH)–C–C–N with tert-alkyl or cyclic N) is 1. The first-order chi connectivity index (χ1) is 6.29. The summed E-state index contributed by atoms with van der Waals surface area (Å²) in [5, 5.41) is 15.5. The van der Waals surface area contributed by atoms with Gasteiger partial charge in [-0.2, -0.15) is 0 Å². The van der Waals surface area contributed by atoms with Crippen LogP contribution in [0, 0.1) is 0 Å². The van der Waals surface area contributed by atoms with Crippen LogP contribution < -0.4 is 5.32 Å². The Morgan fingerprint density at radius 3 is 3.15 bits per heavy atom. The van der Waals surface area contributed by atoms with Crippen molar-refractivity contribution in [3.05, 3.63) is 22.4 Å². The lowest BCUT2D eigenvalue weighted by atomic mass is 9.90. The molecule has 1 fully saturated rings. The fourth-order valence-electron chi connectivity index (χ4n) is 1.84. The van der Waals surface area contributed by atoms with E-state index in [0.29, 0.717) is 0 Å². The van der Waals surface area contributed by atoms with Gasteiger partial charge in [-0.3, -0.25) is 0 Å². The highest BCUT2D eigenvalue weighted by Gasteiger charge is 2.29. The lowest BCUT2D eigenvalue weighted by Crippen LogP contribution is -2.46. The number of rotatable bonds is 2. The van der Waals surface area contributed by atoms with Crippen molar-refractivity contribution in [2.75, 3.05) is 13.1 Å². The highest BCUT2D eigenvalue weighted by Crippen LogP contribution is 2.23. The van der Waals surface area contributed by atoms with Crippen molar-refractivity contribution >= 4 is 11.3 Å². The lowest BCUT2D eigenvalue weighted by molar-refractivity contribution is 0.0176. The second-order valence-corrected chi connectivity index (χ2v) is 4.79. The van der Waals surface area contributed by atoms with Gasteiger partial charge in [0.25, 0.3) is 0 Å². The molecular formula is C10H15NOS. The van der Waals surface area contributed by atoms with Crippen molar-refractivity contribution in [3.63, 3.8) is 0 Å². The van der Waals surface area contributed by atoms with E-state index in [-0.39, 0.29) is 0 Å².